The number of anilines is 1. The molecular formula is C24H23N3O2S. The van der Waals surface area contributed by atoms with E-state index in [1.165, 1.54) is 11.8 Å². The predicted molar refractivity (Wildman–Crippen MR) is 122 cm³/mol. The lowest BCUT2D eigenvalue weighted by molar-refractivity contribution is -0.115. The Hall–Kier alpha value is -3.25. The molecule has 0 radical (unpaired) electrons. The van der Waals surface area contributed by atoms with Gasteiger partial charge in [0.2, 0.25) is 5.91 Å². The summed E-state index contributed by atoms with van der Waals surface area (Å²) in [4.78, 5) is 19.2. The molecule has 0 aliphatic rings. The third-order valence-corrected chi connectivity index (χ3v) is 5.92. The fourth-order valence-electron chi connectivity index (χ4n) is 3.25. The molecule has 4 rings (SSSR count). The molecule has 0 unspecified atom stereocenters. The minimum absolute atomic E-state index is 0.0363. The Morgan fingerprint density at radius 2 is 1.70 bits per heavy atom. The van der Waals surface area contributed by atoms with Gasteiger partial charge in [0.05, 0.1) is 30.4 Å². The van der Waals surface area contributed by atoms with E-state index < -0.39 is 0 Å². The van der Waals surface area contributed by atoms with Crippen molar-refractivity contribution in [2.45, 2.75) is 11.7 Å². The van der Waals surface area contributed by atoms with Crippen molar-refractivity contribution >= 4 is 34.4 Å². The molecule has 30 heavy (non-hydrogen) atoms. The number of thioether (sulfide) groups is 1. The summed E-state index contributed by atoms with van der Waals surface area (Å²) in [5, 5.41) is 0.835. The van der Waals surface area contributed by atoms with Crippen LogP contribution in [-0.4, -0.2) is 35.4 Å². The Balaban J connectivity index is 1.56. The standard InChI is InChI=1S/C24H23N3O2S/c1-26(19-8-4-3-5-9-19)23(28)17-30-24-25-21-10-6-7-11-22(21)27(24)16-18-12-14-20(29-2)15-13-18/h3-15H,16-17H2,1-2H3. The number of imidazole rings is 1. The number of hydrogen-bond acceptors (Lipinski definition) is 4. The molecule has 0 N–H and O–H groups in total. The lowest BCUT2D eigenvalue weighted by atomic mass is 10.2. The number of aromatic nitrogens is 2. The maximum Gasteiger partial charge on any atom is 0.237 e. The van der Waals surface area contributed by atoms with Crippen LogP contribution in [0.4, 0.5) is 5.69 Å². The lowest BCUT2D eigenvalue weighted by Crippen LogP contribution is -2.27. The van der Waals surface area contributed by atoms with Gasteiger partial charge in [-0.05, 0) is 42.0 Å². The number of fused-ring (bicyclic) bond motifs is 1. The largest absolute Gasteiger partial charge is 0.497 e. The normalized spacial score (nSPS) is 10.9. The second-order valence-electron chi connectivity index (χ2n) is 6.89. The minimum atomic E-state index is 0.0363. The summed E-state index contributed by atoms with van der Waals surface area (Å²) < 4.78 is 7.42. The second-order valence-corrected chi connectivity index (χ2v) is 7.84. The number of amides is 1. The number of rotatable bonds is 7. The van der Waals surface area contributed by atoms with Crippen LogP contribution in [0.25, 0.3) is 11.0 Å². The summed E-state index contributed by atoms with van der Waals surface area (Å²) in [6.45, 7) is 0.676. The van der Waals surface area contributed by atoms with Crippen molar-refractivity contribution in [3.8, 4) is 5.75 Å². The average molecular weight is 418 g/mol. The highest BCUT2D eigenvalue weighted by atomic mass is 32.2. The van der Waals surface area contributed by atoms with Crippen LogP contribution in [0.15, 0.2) is 84.0 Å². The summed E-state index contributed by atoms with van der Waals surface area (Å²) in [5.74, 6) is 1.18. The fourth-order valence-corrected chi connectivity index (χ4v) is 4.18. The van der Waals surface area contributed by atoms with Gasteiger partial charge in [-0.2, -0.15) is 0 Å². The number of ether oxygens (including phenoxy) is 1. The maximum absolute atomic E-state index is 12.7. The number of carbonyl (C=O) groups excluding carboxylic acids is 1. The SMILES string of the molecule is COc1ccc(Cn2c(SCC(=O)N(C)c3ccccc3)nc3ccccc32)cc1. The molecule has 0 bridgehead atoms. The van der Waals surface area contributed by atoms with Crippen molar-refractivity contribution in [3.05, 3.63) is 84.4 Å². The van der Waals surface area contributed by atoms with Gasteiger partial charge in [0.15, 0.2) is 5.16 Å². The summed E-state index contributed by atoms with van der Waals surface area (Å²) in [6.07, 6.45) is 0. The summed E-state index contributed by atoms with van der Waals surface area (Å²) >= 11 is 1.47. The van der Waals surface area contributed by atoms with Crippen LogP contribution in [0.2, 0.25) is 0 Å². The van der Waals surface area contributed by atoms with Crippen molar-refractivity contribution in [2.75, 3.05) is 24.8 Å². The number of hydrogen-bond donors (Lipinski definition) is 0. The maximum atomic E-state index is 12.7. The van der Waals surface area contributed by atoms with E-state index >= 15 is 0 Å². The molecule has 0 aliphatic heterocycles. The molecule has 6 heteroatoms. The molecule has 5 nitrogen and oxygen atoms in total. The Labute approximate surface area is 180 Å². The number of para-hydroxylation sites is 3. The quantitative estimate of drug-likeness (QED) is 0.404. The van der Waals surface area contributed by atoms with Gasteiger partial charge < -0.3 is 14.2 Å². The number of carbonyl (C=O) groups is 1. The fraction of sp³-hybridized carbons (Fsp3) is 0.167. The highest BCUT2D eigenvalue weighted by Crippen LogP contribution is 2.26. The Kier molecular flexibility index (Phi) is 6.05. The van der Waals surface area contributed by atoms with E-state index in [2.05, 4.69) is 22.8 Å². The van der Waals surface area contributed by atoms with E-state index in [1.807, 2.05) is 60.7 Å². The van der Waals surface area contributed by atoms with E-state index in [1.54, 1.807) is 19.1 Å². The Morgan fingerprint density at radius 3 is 2.43 bits per heavy atom. The average Bonchev–Trinajstić information content (AvgIpc) is 3.15. The topological polar surface area (TPSA) is 47.4 Å². The Morgan fingerprint density at radius 1 is 1.00 bits per heavy atom. The van der Waals surface area contributed by atoms with E-state index in [4.69, 9.17) is 9.72 Å². The molecule has 4 aromatic rings. The number of benzene rings is 3. The lowest BCUT2D eigenvalue weighted by Gasteiger charge is -2.17. The van der Waals surface area contributed by atoms with Gasteiger partial charge in [-0.15, -0.1) is 0 Å². The summed E-state index contributed by atoms with van der Waals surface area (Å²) in [7, 11) is 3.47. The van der Waals surface area contributed by atoms with Crippen LogP contribution < -0.4 is 9.64 Å². The monoisotopic (exact) mass is 417 g/mol. The first-order chi connectivity index (χ1) is 14.7. The molecule has 0 saturated carbocycles. The molecule has 1 amide bonds. The Bertz CT molecular complexity index is 1140. The van der Waals surface area contributed by atoms with Crippen molar-refractivity contribution in [1.82, 2.24) is 9.55 Å². The number of nitrogens with zero attached hydrogens (tertiary/aromatic N) is 3. The molecule has 1 aromatic heterocycles. The first kappa shape index (κ1) is 20.0. The van der Waals surface area contributed by atoms with E-state index in [9.17, 15) is 4.79 Å². The van der Waals surface area contributed by atoms with Gasteiger partial charge in [0, 0.05) is 12.7 Å². The van der Waals surface area contributed by atoms with Crippen molar-refractivity contribution in [1.29, 1.82) is 0 Å². The van der Waals surface area contributed by atoms with Crippen molar-refractivity contribution in [3.63, 3.8) is 0 Å². The van der Waals surface area contributed by atoms with Crippen LogP contribution in [0.1, 0.15) is 5.56 Å². The molecule has 3 aromatic carbocycles. The van der Waals surface area contributed by atoms with Gasteiger partial charge >= 0.3 is 0 Å². The molecule has 0 fully saturated rings. The number of methoxy groups -OCH3 is 1. The van der Waals surface area contributed by atoms with E-state index in [0.717, 1.165) is 33.2 Å². The van der Waals surface area contributed by atoms with E-state index in [0.29, 0.717) is 12.3 Å². The van der Waals surface area contributed by atoms with Crippen LogP contribution in [0.5, 0.6) is 5.75 Å². The summed E-state index contributed by atoms with van der Waals surface area (Å²) in [5.41, 5.74) is 4.01. The van der Waals surface area contributed by atoms with Crippen molar-refractivity contribution < 1.29 is 9.53 Å². The minimum Gasteiger partial charge on any atom is -0.497 e. The summed E-state index contributed by atoms with van der Waals surface area (Å²) in [6, 6.07) is 25.7. The zero-order chi connectivity index (χ0) is 20.9. The molecule has 0 spiro atoms. The molecule has 0 aliphatic carbocycles. The predicted octanol–water partition coefficient (Wildman–Crippen LogP) is 4.85. The van der Waals surface area contributed by atoms with Gasteiger partial charge in [-0.3, -0.25) is 4.79 Å². The highest BCUT2D eigenvalue weighted by molar-refractivity contribution is 7.99. The zero-order valence-electron chi connectivity index (χ0n) is 17.0. The molecule has 152 valence electrons. The van der Waals surface area contributed by atoms with E-state index in [-0.39, 0.29) is 5.91 Å². The third kappa shape index (κ3) is 4.33. The smallest absolute Gasteiger partial charge is 0.237 e. The van der Waals surface area contributed by atoms with Crippen LogP contribution in [0.3, 0.4) is 0 Å². The first-order valence-electron chi connectivity index (χ1n) is 9.68. The van der Waals surface area contributed by atoms with Gasteiger partial charge in [-0.1, -0.05) is 54.2 Å². The molecule has 0 atom stereocenters. The first-order valence-corrected chi connectivity index (χ1v) is 10.7. The van der Waals surface area contributed by atoms with Crippen molar-refractivity contribution in [2.24, 2.45) is 0 Å². The van der Waals surface area contributed by atoms with Gasteiger partial charge in [-0.25, -0.2) is 4.98 Å². The molecular weight excluding hydrogens is 394 g/mol. The van der Waals surface area contributed by atoms with Crippen LogP contribution in [0, 0.1) is 0 Å². The zero-order valence-corrected chi connectivity index (χ0v) is 17.8. The highest BCUT2D eigenvalue weighted by Gasteiger charge is 2.16. The van der Waals surface area contributed by atoms with Gasteiger partial charge in [0.25, 0.3) is 0 Å². The second kappa shape index (κ2) is 9.05. The van der Waals surface area contributed by atoms with Gasteiger partial charge in [0.1, 0.15) is 5.75 Å². The molecule has 1 heterocycles. The third-order valence-electron chi connectivity index (χ3n) is 4.96. The molecule has 0 saturated heterocycles. The van der Waals surface area contributed by atoms with Crippen LogP contribution >= 0.6 is 11.8 Å². The van der Waals surface area contributed by atoms with Crippen LogP contribution in [-0.2, 0) is 11.3 Å².